The molecule has 0 saturated heterocycles. The molecule has 0 aliphatic heterocycles. The molecule has 104 valence electrons. The van der Waals surface area contributed by atoms with Crippen molar-refractivity contribution in [2.24, 2.45) is 5.73 Å². The molecule has 0 aliphatic carbocycles. The highest BCUT2D eigenvalue weighted by molar-refractivity contribution is 5.87. The highest BCUT2D eigenvalue weighted by Gasteiger charge is 2.26. The van der Waals surface area contributed by atoms with Gasteiger partial charge in [0.2, 0.25) is 0 Å². The molecule has 2 amide bonds. The highest BCUT2D eigenvalue weighted by Crippen LogP contribution is 2.20. The van der Waals surface area contributed by atoms with Crippen molar-refractivity contribution in [3.05, 3.63) is 29.8 Å². The van der Waals surface area contributed by atoms with Crippen molar-refractivity contribution < 1.29 is 24.5 Å². The SMILES string of the molecule is CCOC(=O)C(O)C(O)c1ccc(NC(N)=O)cc1. The minimum Gasteiger partial charge on any atom is -0.464 e. The van der Waals surface area contributed by atoms with Crippen LogP contribution in [0.3, 0.4) is 0 Å². The van der Waals surface area contributed by atoms with Gasteiger partial charge < -0.3 is 26.0 Å². The van der Waals surface area contributed by atoms with Gasteiger partial charge in [-0.3, -0.25) is 0 Å². The summed E-state index contributed by atoms with van der Waals surface area (Å²) in [6.45, 7) is 1.71. The normalized spacial score (nSPS) is 13.4. The van der Waals surface area contributed by atoms with Crippen molar-refractivity contribution in [3.63, 3.8) is 0 Å². The van der Waals surface area contributed by atoms with E-state index >= 15 is 0 Å². The zero-order chi connectivity index (χ0) is 14.4. The molecule has 0 spiro atoms. The van der Waals surface area contributed by atoms with E-state index in [1.807, 2.05) is 0 Å². The molecule has 7 heteroatoms. The number of benzene rings is 1. The van der Waals surface area contributed by atoms with Crippen LogP contribution < -0.4 is 11.1 Å². The number of nitrogens with two attached hydrogens (primary N) is 1. The Kier molecular flexibility index (Phi) is 5.28. The van der Waals surface area contributed by atoms with Crippen LogP contribution >= 0.6 is 0 Å². The van der Waals surface area contributed by atoms with Gasteiger partial charge in [-0.1, -0.05) is 12.1 Å². The monoisotopic (exact) mass is 268 g/mol. The van der Waals surface area contributed by atoms with Crippen LogP contribution in [0.1, 0.15) is 18.6 Å². The van der Waals surface area contributed by atoms with Gasteiger partial charge in [0.1, 0.15) is 6.10 Å². The summed E-state index contributed by atoms with van der Waals surface area (Å²) in [5, 5.41) is 21.7. The topological polar surface area (TPSA) is 122 Å². The van der Waals surface area contributed by atoms with E-state index in [0.717, 1.165) is 0 Å². The molecule has 0 bridgehead atoms. The van der Waals surface area contributed by atoms with Crippen LogP contribution in [0.25, 0.3) is 0 Å². The van der Waals surface area contributed by atoms with Crippen molar-refractivity contribution in [2.45, 2.75) is 19.1 Å². The molecule has 2 atom stereocenters. The average molecular weight is 268 g/mol. The van der Waals surface area contributed by atoms with E-state index in [9.17, 15) is 19.8 Å². The van der Waals surface area contributed by atoms with Crippen LogP contribution in [-0.2, 0) is 9.53 Å². The van der Waals surface area contributed by atoms with E-state index in [2.05, 4.69) is 10.1 Å². The molecule has 1 aromatic rings. The molecule has 1 rings (SSSR count). The molecule has 7 nitrogen and oxygen atoms in total. The molecule has 19 heavy (non-hydrogen) atoms. The summed E-state index contributed by atoms with van der Waals surface area (Å²) < 4.78 is 4.60. The number of aliphatic hydroxyl groups is 2. The summed E-state index contributed by atoms with van der Waals surface area (Å²) in [7, 11) is 0. The van der Waals surface area contributed by atoms with E-state index < -0.39 is 24.2 Å². The molecule has 0 aliphatic rings. The lowest BCUT2D eigenvalue weighted by Gasteiger charge is -2.17. The number of carbonyl (C=O) groups excluding carboxylic acids is 2. The number of carbonyl (C=O) groups is 2. The third-order valence-electron chi connectivity index (χ3n) is 2.35. The van der Waals surface area contributed by atoms with Crippen molar-refractivity contribution in [2.75, 3.05) is 11.9 Å². The second kappa shape index (κ2) is 6.72. The lowest BCUT2D eigenvalue weighted by atomic mass is 10.0. The molecule has 2 unspecified atom stereocenters. The van der Waals surface area contributed by atoms with Crippen molar-refractivity contribution in [1.82, 2.24) is 0 Å². The Labute approximate surface area is 110 Å². The predicted octanol–water partition coefficient (Wildman–Crippen LogP) is 0.135. The number of ether oxygens (including phenoxy) is 1. The molecule has 0 radical (unpaired) electrons. The minimum absolute atomic E-state index is 0.115. The fraction of sp³-hybridized carbons (Fsp3) is 0.333. The number of esters is 1. The van der Waals surface area contributed by atoms with Gasteiger partial charge in [0.05, 0.1) is 6.61 Å². The summed E-state index contributed by atoms with van der Waals surface area (Å²) in [6, 6.07) is 5.18. The van der Waals surface area contributed by atoms with Crippen LogP contribution in [0.15, 0.2) is 24.3 Å². The maximum atomic E-state index is 11.3. The number of amides is 2. The number of hydrogen-bond acceptors (Lipinski definition) is 5. The van der Waals surface area contributed by atoms with Gasteiger partial charge in [0.25, 0.3) is 0 Å². The molecule has 0 fully saturated rings. The van der Waals surface area contributed by atoms with E-state index in [4.69, 9.17) is 5.73 Å². The molecule has 1 aromatic carbocycles. The molecule has 5 N–H and O–H groups in total. The van der Waals surface area contributed by atoms with Gasteiger partial charge in [-0.2, -0.15) is 0 Å². The first-order valence-corrected chi connectivity index (χ1v) is 5.65. The number of rotatable bonds is 5. The summed E-state index contributed by atoms with van der Waals surface area (Å²) in [5.74, 6) is -0.894. The third kappa shape index (κ3) is 4.23. The Bertz CT molecular complexity index is 446. The van der Waals surface area contributed by atoms with Crippen molar-refractivity contribution in [1.29, 1.82) is 0 Å². The smallest absolute Gasteiger partial charge is 0.338 e. The zero-order valence-corrected chi connectivity index (χ0v) is 10.4. The second-order valence-corrected chi connectivity index (χ2v) is 3.75. The Morgan fingerprint density at radius 2 is 1.89 bits per heavy atom. The number of aliphatic hydroxyl groups excluding tert-OH is 2. The number of nitrogens with one attached hydrogen (secondary N) is 1. The van der Waals surface area contributed by atoms with Crippen molar-refractivity contribution >= 4 is 17.7 Å². The van der Waals surface area contributed by atoms with E-state index in [-0.39, 0.29) is 6.61 Å². The van der Waals surface area contributed by atoms with Crippen LogP contribution in [0.2, 0.25) is 0 Å². The lowest BCUT2D eigenvalue weighted by molar-refractivity contribution is -0.159. The fourth-order valence-corrected chi connectivity index (χ4v) is 1.44. The van der Waals surface area contributed by atoms with Crippen LogP contribution in [0.4, 0.5) is 10.5 Å². The minimum atomic E-state index is -1.66. The first-order chi connectivity index (χ1) is 8.95. The zero-order valence-electron chi connectivity index (χ0n) is 10.4. The maximum absolute atomic E-state index is 11.3. The predicted molar refractivity (Wildman–Crippen MR) is 67.2 cm³/mol. The van der Waals surface area contributed by atoms with E-state index in [1.54, 1.807) is 6.92 Å². The Morgan fingerprint density at radius 3 is 2.37 bits per heavy atom. The van der Waals surface area contributed by atoms with E-state index in [1.165, 1.54) is 24.3 Å². The summed E-state index contributed by atoms with van der Waals surface area (Å²) >= 11 is 0. The number of hydrogen-bond donors (Lipinski definition) is 4. The lowest BCUT2D eigenvalue weighted by Crippen LogP contribution is -2.29. The molecular weight excluding hydrogens is 252 g/mol. The number of urea groups is 1. The number of primary amides is 1. The molecule has 0 heterocycles. The first-order valence-electron chi connectivity index (χ1n) is 5.65. The van der Waals surface area contributed by atoms with Gasteiger partial charge in [0.15, 0.2) is 6.10 Å². The second-order valence-electron chi connectivity index (χ2n) is 3.75. The Morgan fingerprint density at radius 1 is 1.32 bits per heavy atom. The van der Waals surface area contributed by atoms with E-state index in [0.29, 0.717) is 11.3 Å². The quantitative estimate of drug-likeness (QED) is 0.566. The standard InChI is InChI=1S/C12H16N2O5/c1-2-19-11(17)10(16)9(15)7-3-5-8(6-4-7)14-12(13)18/h3-6,9-10,15-16H,2H2,1H3,(H3,13,14,18). The molecule has 0 saturated carbocycles. The first kappa shape index (κ1) is 14.9. The number of anilines is 1. The van der Waals surface area contributed by atoms with Gasteiger partial charge >= 0.3 is 12.0 Å². The van der Waals surface area contributed by atoms with Gasteiger partial charge in [-0.25, -0.2) is 9.59 Å². The molecular formula is C12H16N2O5. The van der Waals surface area contributed by atoms with Crippen LogP contribution in [0.5, 0.6) is 0 Å². The van der Waals surface area contributed by atoms with Crippen LogP contribution in [-0.4, -0.2) is 34.9 Å². The fourth-order valence-electron chi connectivity index (χ4n) is 1.44. The van der Waals surface area contributed by atoms with Gasteiger partial charge in [-0.05, 0) is 24.6 Å². The average Bonchev–Trinajstić information content (AvgIpc) is 2.37. The molecule has 0 aromatic heterocycles. The van der Waals surface area contributed by atoms with Crippen LogP contribution in [0, 0.1) is 0 Å². The van der Waals surface area contributed by atoms with Gasteiger partial charge in [0, 0.05) is 5.69 Å². The maximum Gasteiger partial charge on any atom is 0.338 e. The Balaban J connectivity index is 2.74. The van der Waals surface area contributed by atoms with Gasteiger partial charge in [-0.15, -0.1) is 0 Å². The highest BCUT2D eigenvalue weighted by atomic mass is 16.5. The van der Waals surface area contributed by atoms with Crippen molar-refractivity contribution in [3.8, 4) is 0 Å². The summed E-state index contributed by atoms with van der Waals surface area (Å²) in [5.41, 5.74) is 5.70. The third-order valence-corrected chi connectivity index (χ3v) is 2.35. The largest absolute Gasteiger partial charge is 0.464 e. The summed E-state index contributed by atoms with van der Waals surface area (Å²) in [4.78, 5) is 21.9. The Hall–Kier alpha value is -2.12. The summed E-state index contributed by atoms with van der Waals surface area (Å²) in [6.07, 6.45) is -3.06.